The smallest absolute Gasteiger partial charge is 0.324 e. The first-order valence-electron chi connectivity index (χ1n) is 8.63. The molecule has 1 aliphatic rings. The van der Waals surface area contributed by atoms with Crippen LogP contribution in [-0.2, 0) is 0 Å². The average Bonchev–Trinajstić information content (AvgIpc) is 2.64. The van der Waals surface area contributed by atoms with Gasteiger partial charge in [-0.05, 0) is 50.5 Å². The number of imide groups is 1. The van der Waals surface area contributed by atoms with E-state index in [0.717, 1.165) is 35.8 Å². The molecule has 0 aromatic heterocycles. The Bertz CT molecular complexity index is 797. The molecule has 0 aliphatic carbocycles. The van der Waals surface area contributed by atoms with Gasteiger partial charge in [-0.3, -0.25) is 4.79 Å². The molecule has 1 heterocycles. The van der Waals surface area contributed by atoms with Crippen LogP contribution in [0.5, 0.6) is 0 Å². The van der Waals surface area contributed by atoms with Crippen LogP contribution in [-0.4, -0.2) is 29.9 Å². The fraction of sp³-hybridized carbons (Fsp3) is 0.300. The van der Waals surface area contributed by atoms with E-state index in [1.807, 2.05) is 19.1 Å². The molecular formula is C20H20ClFN2O2. The summed E-state index contributed by atoms with van der Waals surface area (Å²) in [6.45, 7) is 3.08. The summed E-state index contributed by atoms with van der Waals surface area (Å²) in [4.78, 5) is 28.9. The van der Waals surface area contributed by atoms with Gasteiger partial charge in [-0.2, -0.15) is 0 Å². The van der Waals surface area contributed by atoms with Gasteiger partial charge >= 0.3 is 6.03 Å². The van der Waals surface area contributed by atoms with Crippen molar-refractivity contribution in [1.82, 2.24) is 4.90 Å². The molecule has 6 heteroatoms. The van der Waals surface area contributed by atoms with Gasteiger partial charge in [-0.1, -0.05) is 35.4 Å². The van der Waals surface area contributed by atoms with Crippen molar-refractivity contribution in [2.45, 2.75) is 26.2 Å². The van der Waals surface area contributed by atoms with Gasteiger partial charge in [0.1, 0.15) is 5.82 Å². The summed E-state index contributed by atoms with van der Waals surface area (Å²) in [6.07, 6.45) is 2.84. The Hall–Kier alpha value is -2.40. The summed E-state index contributed by atoms with van der Waals surface area (Å²) >= 11 is 6.06. The van der Waals surface area contributed by atoms with Crippen molar-refractivity contribution in [3.05, 3.63) is 64.4 Å². The molecule has 1 fully saturated rings. The predicted octanol–water partition coefficient (Wildman–Crippen LogP) is 5.04. The number of anilines is 1. The maximum absolute atomic E-state index is 14.3. The zero-order chi connectivity index (χ0) is 18.7. The van der Waals surface area contributed by atoms with Crippen molar-refractivity contribution >= 4 is 29.2 Å². The molecule has 3 rings (SSSR count). The van der Waals surface area contributed by atoms with Crippen LogP contribution in [0.3, 0.4) is 0 Å². The number of hydrogen-bond donors (Lipinski definition) is 0. The van der Waals surface area contributed by atoms with Gasteiger partial charge < -0.3 is 4.90 Å². The minimum absolute atomic E-state index is 0.0152. The summed E-state index contributed by atoms with van der Waals surface area (Å²) < 4.78 is 14.3. The number of likely N-dealkylation sites (tertiary alicyclic amines) is 1. The van der Waals surface area contributed by atoms with E-state index in [4.69, 9.17) is 11.6 Å². The van der Waals surface area contributed by atoms with Crippen molar-refractivity contribution < 1.29 is 14.0 Å². The highest BCUT2D eigenvalue weighted by Crippen LogP contribution is 2.26. The summed E-state index contributed by atoms with van der Waals surface area (Å²) in [5.41, 5.74) is 1.10. The van der Waals surface area contributed by atoms with Crippen molar-refractivity contribution in [2.24, 2.45) is 0 Å². The van der Waals surface area contributed by atoms with E-state index in [2.05, 4.69) is 0 Å². The lowest BCUT2D eigenvalue weighted by atomic mass is 10.1. The molecule has 0 atom stereocenters. The highest BCUT2D eigenvalue weighted by atomic mass is 35.5. The first kappa shape index (κ1) is 18.4. The molecule has 2 aromatic carbocycles. The minimum Gasteiger partial charge on any atom is -0.324 e. The molecule has 136 valence electrons. The summed E-state index contributed by atoms with van der Waals surface area (Å²) in [5, 5.41) is -0.0152. The molecule has 0 saturated carbocycles. The van der Waals surface area contributed by atoms with Crippen molar-refractivity contribution in [1.29, 1.82) is 0 Å². The SMILES string of the molecule is Cc1ccc(N(C(=O)c2c(F)cccc2Cl)C(=O)N2CCCCC2)cc1. The first-order chi connectivity index (χ1) is 12.5. The molecule has 0 spiro atoms. The molecule has 1 saturated heterocycles. The number of nitrogens with zero attached hydrogens (tertiary/aromatic N) is 2. The largest absolute Gasteiger partial charge is 0.331 e. The number of carbonyl (C=O) groups excluding carboxylic acids is 2. The Labute approximate surface area is 157 Å². The Kier molecular flexibility index (Phi) is 5.57. The summed E-state index contributed by atoms with van der Waals surface area (Å²) in [5.74, 6) is -1.50. The lowest BCUT2D eigenvalue weighted by Crippen LogP contribution is -2.48. The first-order valence-corrected chi connectivity index (χ1v) is 9.01. The predicted molar refractivity (Wildman–Crippen MR) is 100 cm³/mol. The third-order valence-electron chi connectivity index (χ3n) is 4.49. The van der Waals surface area contributed by atoms with Crippen molar-refractivity contribution in [2.75, 3.05) is 18.0 Å². The van der Waals surface area contributed by atoms with E-state index in [1.54, 1.807) is 17.0 Å². The Morgan fingerprint density at radius 2 is 1.69 bits per heavy atom. The molecule has 0 N–H and O–H groups in total. The monoisotopic (exact) mass is 374 g/mol. The topological polar surface area (TPSA) is 40.6 Å². The number of urea groups is 1. The van der Waals surface area contributed by atoms with Crippen LogP contribution in [0.4, 0.5) is 14.9 Å². The average molecular weight is 375 g/mol. The molecule has 2 aromatic rings. The molecule has 1 aliphatic heterocycles. The quantitative estimate of drug-likeness (QED) is 0.738. The zero-order valence-electron chi connectivity index (χ0n) is 14.5. The fourth-order valence-electron chi connectivity index (χ4n) is 3.05. The normalized spacial score (nSPS) is 14.2. The molecule has 26 heavy (non-hydrogen) atoms. The molecule has 3 amide bonds. The second-order valence-electron chi connectivity index (χ2n) is 6.40. The molecule has 0 bridgehead atoms. The summed E-state index contributed by atoms with van der Waals surface area (Å²) in [6, 6.07) is 10.6. The van der Waals surface area contributed by atoms with Crippen LogP contribution in [0.15, 0.2) is 42.5 Å². The highest BCUT2D eigenvalue weighted by Gasteiger charge is 2.32. The van der Waals surface area contributed by atoms with Gasteiger partial charge in [0, 0.05) is 13.1 Å². The van der Waals surface area contributed by atoms with Crippen LogP contribution < -0.4 is 4.90 Å². The van der Waals surface area contributed by atoms with Crippen LogP contribution in [0.25, 0.3) is 0 Å². The van der Waals surface area contributed by atoms with Crippen molar-refractivity contribution in [3.63, 3.8) is 0 Å². The van der Waals surface area contributed by atoms with Crippen LogP contribution in [0.2, 0.25) is 5.02 Å². The third-order valence-corrected chi connectivity index (χ3v) is 4.80. The third kappa shape index (κ3) is 3.73. The minimum atomic E-state index is -0.757. The zero-order valence-corrected chi connectivity index (χ0v) is 15.3. The Balaban J connectivity index is 2.03. The fourth-order valence-corrected chi connectivity index (χ4v) is 3.29. The number of benzene rings is 2. The molecule has 0 radical (unpaired) electrons. The van der Waals surface area contributed by atoms with Crippen molar-refractivity contribution in [3.8, 4) is 0 Å². The number of aryl methyl sites for hydroxylation is 1. The van der Waals surface area contributed by atoms with E-state index in [9.17, 15) is 14.0 Å². The van der Waals surface area contributed by atoms with Crippen LogP contribution >= 0.6 is 11.6 Å². The standard InChI is InChI=1S/C20H20ClFN2O2/c1-14-8-10-15(11-9-14)24(20(26)23-12-3-2-4-13-23)19(25)18-16(21)6-5-7-17(18)22/h5-11H,2-4,12-13H2,1H3. The van der Waals surface area contributed by atoms with Gasteiger partial charge in [-0.25, -0.2) is 14.1 Å². The van der Waals surface area contributed by atoms with Gasteiger partial charge in [0.2, 0.25) is 0 Å². The van der Waals surface area contributed by atoms with E-state index in [0.29, 0.717) is 18.8 Å². The van der Waals surface area contributed by atoms with E-state index in [-0.39, 0.29) is 10.6 Å². The maximum Gasteiger partial charge on any atom is 0.331 e. The lowest BCUT2D eigenvalue weighted by Gasteiger charge is -2.32. The highest BCUT2D eigenvalue weighted by molar-refractivity contribution is 6.36. The lowest BCUT2D eigenvalue weighted by molar-refractivity contribution is 0.0980. The molecule has 4 nitrogen and oxygen atoms in total. The van der Waals surface area contributed by atoms with Crippen LogP contribution in [0, 0.1) is 12.7 Å². The van der Waals surface area contributed by atoms with Crippen LogP contribution in [0.1, 0.15) is 35.2 Å². The number of piperidine rings is 1. The van der Waals surface area contributed by atoms with E-state index >= 15 is 0 Å². The number of rotatable bonds is 2. The van der Waals surface area contributed by atoms with Gasteiger partial charge in [0.25, 0.3) is 5.91 Å². The van der Waals surface area contributed by atoms with E-state index in [1.165, 1.54) is 12.1 Å². The number of halogens is 2. The second-order valence-corrected chi connectivity index (χ2v) is 6.81. The molecular weight excluding hydrogens is 355 g/mol. The van der Waals surface area contributed by atoms with E-state index < -0.39 is 17.8 Å². The maximum atomic E-state index is 14.3. The number of carbonyl (C=O) groups is 2. The second kappa shape index (κ2) is 7.87. The Morgan fingerprint density at radius 1 is 1.04 bits per heavy atom. The summed E-state index contributed by atoms with van der Waals surface area (Å²) in [7, 11) is 0. The Morgan fingerprint density at radius 3 is 2.31 bits per heavy atom. The van der Waals surface area contributed by atoms with Gasteiger partial charge in [0.15, 0.2) is 0 Å². The number of amides is 3. The van der Waals surface area contributed by atoms with Gasteiger partial charge in [-0.15, -0.1) is 0 Å². The molecule has 0 unspecified atom stereocenters. The van der Waals surface area contributed by atoms with Gasteiger partial charge in [0.05, 0.1) is 16.3 Å². The number of hydrogen-bond acceptors (Lipinski definition) is 2.